The number of anilines is 1. The lowest BCUT2D eigenvalue weighted by Crippen LogP contribution is -2.44. The summed E-state index contributed by atoms with van der Waals surface area (Å²) < 4.78 is 10.4. The fourth-order valence-electron chi connectivity index (χ4n) is 2.45. The van der Waals surface area contributed by atoms with E-state index in [0.29, 0.717) is 22.7 Å². The fraction of sp³-hybridized carbons (Fsp3) is 0.286. The molecule has 0 aromatic heterocycles. The molecule has 0 saturated carbocycles. The smallest absolute Gasteiger partial charge is 0.239 e. The Morgan fingerprint density at radius 3 is 2.39 bits per heavy atom. The number of ether oxygens (including phenoxy) is 2. The number of methoxy groups -OCH3 is 2. The number of carbonyl (C=O) groups is 2. The Hall–Kier alpha value is -3.53. The lowest BCUT2D eigenvalue weighted by Gasteiger charge is -2.23. The van der Waals surface area contributed by atoms with Gasteiger partial charge < -0.3 is 20.1 Å². The summed E-state index contributed by atoms with van der Waals surface area (Å²) in [6.45, 7) is 3.32. The molecule has 0 aliphatic rings. The number of nitrogens with zero attached hydrogens (tertiary/aromatic N) is 1. The van der Waals surface area contributed by atoms with Gasteiger partial charge in [-0.25, -0.2) is 0 Å². The Balaban J connectivity index is 2.03. The summed E-state index contributed by atoms with van der Waals surface area (Å²) >= 11 is 0. The molecule has 7 nitrogen and oxygen atoms in total. The zero-order valence-electron chi connectivity index (χ0n) is 16.3. The summed E-state index contributed by atoms with van der Waals surface area (Å²) in [5.41, 5.74) is 0.390. The third kappa shape index (κ3) is 4.80. The number of nitrogens with one attached hydrogen (secondary N) is 2. The van der Waals surface area contributed by atoms with Crippen molar-refractivity contribution in [2.45, 2.75) is 20.4 Å². The summed E-state index contributed by atoms with van der Waals surface area (Å²) in [5, 5.41) is 14.4. The van der Waals surface area contributed by atoms with Crippen molar-refractivity contribution in [1.82, 2.24) is 5.32 Å². The molecule has 0 aliphatic carbocycles. The Morgan fingerprint density at radius 1 is 1.04 bits per heavy atom. The van der Waals surface area contributed by atoms with Crippen LogP contribution in [0.15, 0.2) is 42.5 Å². The highest BCUT2D eigenvalue weighted by Crippen LogP contribution is 2.27. The van der Waals surface area contributed by atoms with E-state index in [1.54, 1.807) is 57.4 Å². The van der Waals surface area contributed by atoms with Gasteiger partial charge in [0.25, 0.3) is 0 Å². The van der Waals surface area contributed by atoms with Gasteiger partial charge in [-0.1, -0.05) is 12.1 Å². The van der Waals surface area contributed by atoms with Crippen LogP contribution in [0.4, 0.5) is 5.69 Å². The SMILES string of the molecule is COc1ccc(CNC(=O)C(C)(C)C(=O)Nc2cccc(C#N)c2)cc1OC. The number of benzene rings is 2. The highest BCUT2D eigenvalue weighted by Gasteiger charge is 2.36. The summed E-state index contributed by atoms with van der Waals surface area (Å²) in [4.78, 5) is 25.2. The molecule has 0 fully saturated rings. The molecule has 2 amide bonds. The molecule has 0 bridgehead atoms. The van der Waals surface area contributed by atoms with E-state index in [1.165, 1.54) is 7.11 Å². The van der Waals surface area contributed by atoms with Gasteiger partial charge in [-0.3, -0.25) is 9.59 Å². The van der Waals surface area contributed by atoms with Crippen LogP contribution in [0.1, 0.15) is 25.0 Å². The molecule has 28 heavy (non-hydrogen) atoms. The maximum Gasteiger partial charge on any atom is 0.239 e. The molecule has 7 heteroatoms. The molecule has 2 aromatic rings. The van der Waals surface area contributed by atoms with Gasteiger partial charge in [-0.2, -0.15) is 5.26 Å². The second kappa shape index (κ2) is 8.91. The van der Waals surface area contributed by atoms with Gasteiger partial charge >= 0.3 is 0 Å². The van der Waals surface area contributed by atoms with Gasteiger partial charge in [0.05, 0.1) is 25.9 Å². The van der Waals surface area contributed by atoms with Gasteiger partial charge in [0.2, 0.25) is 11.8 Å². The monoisotopic (exact) mass is 381 g/mol. The molecule has 0 atom stereocenters. The van der Waals surface area contributed by atoms with Crippen molar-refractivity contribution in [3.8, 4) is 17.6 Å². The second-order valence-electron chi connectivity index (χ2n) is 6.64. The summed E-state index contributed by atoms with van der Waals surface area (Å²) in [7, 11) is 3.09. The van der Waals surface area contributed by atoms with Gasteiger partial charge in [-0.15, -0.1) is 0 Å². The third-order valence-electron chi connectivity index (χ3n) is 4.29. The molecule has 2 rings (SSSR count). The molecule has 0 saturated heterocycles. The van der Waals surface area contributed by atoms with E-state index in [2.05, 4.69) is 10.6 Å². The van der Waals surface area contributed by atoms with E-state index in [1.807, 2.05) is 12.1 Å². The minimum atomic E-state index is -1.31. The Bertz CT molecular complexity index is 916. The van der Waals surface area contributed by atoms with Gasteiger partial charge in [0.1, 0.15) is 5.41 Å². The topological polar surface area (TPSA) is 100 Å². The van der Waals surface area contributed by atoms with Crippen LogP contribution in [-0.4, -0.2) is 26.0 Å². The maximum absolute atomic E-state index is 12.6. The van der Waals surface area contributed by atoms with Crippen LogP contribution in [0, 0.1) is 16.7 Å². The van der Waals surface area contributed by atoms with E-state index in [9.17, 15) is 9.59 Å². The van der Waals surface area contributed by atoms with Crippen molar-refractivity contribution in [2.24, 2.45) is 5.41 Å². The van der Waals surface area contributed by atoms with Crippen molar-refractivity contribution in [3.05, 3.63) is 53.6 Å². The average Bonchev–Trinajstić information content (AvgIpc) is 2.71. The number of hydrogen-bond donors (Lipinski definition) is 2. The van der Waals surface area contributed by atoms with Crippen LogP contribution in [0.3, 0.4) is 0 Å². The third-order valence-corrected chi connectivity index (χ3v) is 4.29. The van der Waals surface area contributed by atoms with Crippen LogP contribution in [0.5, 0.6) is 11.5 Å². The Labute approximate surface area is 164 Å². The van der Waals surface area contributed by atoms with Crippen molar-refractivity contribution >= 4 is 17.5 Å². The first-order chi connectivity index (χ1) is 13.3. The highest BCUT2D eigenvalue weighted by atomic mass is 16.5. The van der Waals surface area contributed by atoms with Crippen LogP contribution in [0.25, 0.3) is 0 Å². The van der Waals surface area contributed by atoms with E-state index < -0.39 is 17.2 Å². The Kier molecular flexibility index (Phi) is 6.61. The standard InChI is InChI=1S/C21H23N3O4/c1-21(2,20(26)24-16-7-5-6-14(10-16)12-22)19(25)23-13-15-8-9-17(27-3)18(11-15)28-4/h5-11H,13H2,1-4H3,(H,23,25)(H,24,26). The first-order valence-electron chi connectivity index (χ1n) is 8.62. The molecule has 146 valence electrons. The normalized spacial score (nSPS) is 10.5. The fourth-order valence-corrected chi connectivity index (χ4v) is 2.45. The largest absolute Gasteiger partial charge is 0.493 e. The van der Waals surface area contributed by atoms with E-state index >= 15 is 0 Å². The number of hydrogen-bond acceptors (Lipinski definition) is 5. The number of carbonyl (C=O) groups excluding carboxylic acids is 2. The second-order valence-corrected chi connectivity index (χ2v) is 6.64. The molecule has 2 aromatic carbocycles. The molecule has 0 heterocycles. The molecule has 0 radical (unpaired) electrons. The molecular weight excluding hydrogens is 358 g/mol. The van der Waals surface area contributed by atoms with E-state index in [-0.39, 0.29) is 6.54 Å². The number of nitriles is 1. The van der Waals surface area contributed by atoms with Gasteiger partial charge in [0, 0.05) is 12.2 Å². The van der Waals surface area contributed by atoms with Gasteiger partial charge in [-0.05, 0) is 49.7 Å². The predicted octanol–water partition coefficient (Wildman–Crippen LogP) is 2.86. The lowest BCUT2D eigenvalue weighted by atomic mass is 9.90. The minimum absolute atomic E-state index is 0.236. The van der Waals surface area contributed by atoms with E-state index in [4.69, 9.17) is 14.7 Å². The van der Waals surface area contributed by atoms with Crippen LogP contribution in [0.2, 0.25) is 0 Å². The summed E-state index contributed by atoms with van der Waals surface area (Å²) in [5.74, 6) is 0.268. The van der Waals surface area contributed by atoms with Crippen molar-refractivity contribution in [3.63, 3.8) is 0 Å². The zero-order valence-corrected chi connectivity index (χ0v) is 16.3. The molecule has 0 spiro atoms. The highest BCUT2D eigenvalue weighted by molar-refractivity contribution is 6.09. The predicted molar refractivity (Wildman–Crippen MR) is 105 cm³/mol. The van der Waals surface area contributed by atoms with Crippen LogP contribution < -0.4 is 20.1 Å². The average molecular weight is 381 g/mol. The van der Waals surface area contributed by atoms with Crippen LogP contribution >= 0.6 is 0 Å². The quantitative estimate of drug-likeness (QED) is 0.718. The van der Waals surface area contributed by atoms with Crippen molar-refractivity contribution in [1.29, 1.82) is 5.26 Å². The minimum Gasteiger partial charge on any atom is -0.493 e. The van der Waals surface area contributed by atoms with Crippen molar-refractivity contribution < 1.29 is 19.1 Å². The summed E-state index contributed by atoms with van der Waals surface area (Å²) in [6.07, 6.45) is 0. The lowest BCUT2D eigenvalue weighted by molar-refractivity contribution is -0.138. The molecule has 0 unspecified atom stereocenters. The molecule has 2 N–H and O–H groups in total. The first-order valence-corrected chi connectivity index (χ1v) is 8.62. The van der Waals surface area contributed by atoms with Gasteiger partial charge in [0.15, 0.2) is 11.5 Å². The first kappa shape index (κ1) is 20.8. The van der Waals surface area contributed by atoms with Crippen LogP contribution in [-0.2, 0) is 16.1 Å². The maximum atomic E-state index is 12.6. The Morgan fingerprint density at radius 2 is 1.75 bits per heavy atom. The van der Waals surface area contributed by atoms with E-state index in [0.717, 1.165) is 5.56 Å². The summed E-state index contributed by atoms with van der Waals surface area (Å²) in [6, 6.07) is 13.8. The molecule has 0 aliphatic heterocycles. The number of rotatable bonds is 7. The molecular formula is C21H23N3O4. The number of amides is 2. The van der Waals surface area contributed by atoms with Crippen molar-refractivity contribution in [2.75, 3.05) is 19.5 Å². The zero-order chi connectivity index (χ0) is 20.7.